The predicted molar refractivity (Wildman–Crippen MR) is 37.7 cm³/mol. The van der Waals surface area contributed by atoms with Crippen molar-refractivity contribution in [1.29, 1.82) is 0 Å². The molecule has 0 spiro atoms. The molecule has 3 nitrogen and oxygen atoms in total. The topological polar surface area (TPSA) is 38.3 Å². The van der Waals surface area contributed by atoms with E-state index in [0.29, 0.717) is 6.61 Å². The second kappa shape index (κ2) is 2.73. The first kappa shape index (κ1) is 7.12. The van der Waals surface area contributed by atoms with E-state index in [1.54, 1.807) is 0 Å². The first-order chi connectivity index (χ1) is 4.68. The van der Waals surface area contributed by atoms with Crippen molar-refractivity contribution >= 4 is 6.09 Å². The van der Waals surface area contributed by atoms with E-state index < -0.39 is 0 Å². The molecule has 56 valence electrons. The maximum atomic E-state index is 10.5. The Kier molecular flexibility index (Phi) is 1.94. The van der Waals surface area contributed by atoms with Crippen molar-refractivity contribution in [3.05, 3.63) is 11.6 Å². The fourth-order valence-corrected chi connectivity index (χ4v) is 0.892. The number of carbonyl (C=O) groups excluding carboxylic acids is 1. The summed E-state index contributed by atoms with van der Waals surface area (Å²) in [5, 5.41) is 2.65. The van der Waals surface area contributed by atoms with Crippen LogP contribution in [-0.2, 0) is 4.74 Å². The standard InChI is InChI=1S/C7H11NO2/c1-5(2)3-6-4-10-7(9)8-6/h3,6H,4H2,1-2H3,(H,8,9)/t6-/m0/s1. The molecule has 3 heteroatoms. The molecule has 0 aromatic rings. The third-order valence-electron chi connectivity index (χ3n) is 1.23. The minimum absolute atomic E-state index is 0.0810. The zero-order chi connectivity index (χ0) is 7.56. The molecule has 0 aromatic carbocycles. The number of nitrogens with one attached hydrogen (secondary N) is 1. The Morgan fingerprint density at radius 3 is 2.90 bits per heavy atom. The van der Waals surface area contributed by atoms with E-state index in [4.69, 9.17) is 0 Å². The molecule has 0 aromatic heterocycles. The van der Waals surface area contributed by atoms with Gasteiger partial charge in [0.1, 0.15) is 6.61 Å². The van der Waals surface area contributed by atoms with Gasteiger partial charge < -0.3 is 10.1 Å². The molecule has 10 heavy (non-hydrogen) atoms. The molecule has 1 atom stereocenters. The van der Waals surface area contributed by atoms with Gasteiger partial charge in [-0.05, 0) is 13.8 Å². The van der Waals surface area contributed by atoms with Crippen molar-refractivity contribution in [3.8, 4) is 0 Å². The molecule has 0 radical (unpaired) electrons. The second-order valence-corrected chi connectivity index (χ2v) is 2.59. The van der Waals surface area contributed by atoms with Gasteiger partial charge in [0.25, 0.3) is 0 Å². The lowest BCUT2D eigenvalue weighted by Crippen LogP contribution is -2.23. The summed E-state index contributed by atoms with van der Waals surface area (Å²) in [6, 6.07) is 0.0810. The predicted octanol–water partition coefficient (Wildman–Crippen LogP) is 1.06. The summed E-state index contributed by atoms with van der Waals surface area (Å²) in [6.07, 6.45) is 1.66. The molecule has 0 bridgehead atoms. The molecule has 1 aliphatic rings. The van der Waals surface area contributed by atoms with Crippen LogP contribution < -0.4 is 5.32 Å². The van der Waals surface area contributed by atoms with Crippen molar-refractivity contribution in [2.24, 2.45) is 0 Å². The highest BCUT2D eigenvalue weighted by Crippen LogP contribution is 2.01. The number of allylic oxidation sites excluding steroid dienone is 1. The lowest BCUT2D eigenvalue weighted by Gasteiger charge is -1.98. The Labute approximate surface area is 60.1 Å². The quantitative estimate of drug-likeness (QED) is 0.554. The van der Waals surface area contributed by atoms with Gasteiger partial charge in [-0.1, -0.05) is 11.6 Å². The van der Waals surface area contributed by atoms with E-state index in [2.05, 4.69) is 10.1 Å². The number of ether oxygens (including phenoxy) is 1. The van der Waals surface area contributed by atoms with Crippen LogP contribution in [0.5, 0.6) is 0 Å². The van der Waals surface area contributed by atoms with Crippen LogP contribution in [0, 0.1) is 0 Å². The molecule has 1 rings (SSSR count). The van der Waals surface area contributed by atoms with Crippen LogP contribution >= 0.6 is 0 Å². The zero-order valence-corrected chi connectivity index (χ0v) is 6.18. The molecule has 0 aliphatic carbocycles. The van der Waals surface area contributed by atoms with E-state index in [0.717, 1.165) is 0 Å². The normalized spacial score (nSPS) is 23.4. The molecule has 1 N–H and O–H groups in total. The van der Waals surface area contributed by atoms with E-state index in [1.165, 1.54) is 5.57 Å². The van der Waals surface area contributed by atoms with Crippen LogP contribution in [0.4, 0.5) is 4.79 Å². The van der Waals surface area contributed by atoms with Gasteiger partial charge in [0.15, 0.2) is 0 Å². The maximum Gasteiger partial charge on any atom is 0.407 e. The minimum atomic E-state index is -0.317. The average Bonchev–Trinajstić information content (AvgIpc) is 2.13. The number of rotatable bonds is 1. The number of carbonyl (C=O) groups is 1. The Balaban J connectivity index is 2.46. The van der Waals surface area contributed by atoms with Crippen LogP contribution in [0.2, 0.25) is 0 Å². The first-order valence-corrected chi connectivity index (χ1v) is 3.27. The van der Waals surface area contributed by atoms with Crippen LogP contribution in [0.15, 0.2) is 11.6 Å². The van der Waals surface area contributed by atoms with Crippen molar-refractivity contribution in [1.82, 2.24) is 5.32 Å². The van der Waals surface area contributed by atoms with Crippen molar-refractivity contribution in [2.75, 3.05) is 6.61 Å². The van der Waals surface area contributed by atoms with Gasteiger partial charge in [-0.25, -0.2) is 4.79 Å². The number of cyclic esters (lactones) is 1. The molecular weight excluding hydrogens is 130 g/mol. The summed E-state index contributed by atoms with van der Waals surface area (Å²) >= 11 is 0. The summed E-state index contributed by atoms with van der Waals surface area (Å²) in [5.74, 6) is 0. The average molecular weight is 141 g/mol. The largest absolute Gasteiger partial charge is 0.447 e. The summed E-state index contributed by atoms with van der Waals surface area (Å²) in [4.78, 5) is 10.5. The van der Waals surface area contributed by atoms with E-state index in [9.17, 15) is 4.79 Å². The highest BCUT2D eigenvalue weighted by molar-refractivity contribution is 5.70. The Hall–Kier alpha value is -0.990. The second-order valence-electron chi connectivity index (χ2n) is 2.59. The van der Waals surface area contributed by atoms with Crippen LogP contribution in [0.3, 0.4) is 0 Å². The third-order valence-corrected chi connectivity index (χ3v) is 1.23. The Morgan fingerprint density at radius 2 is 2.50 bits per heavy atom. The van der Waals surface area contributed by atoms with E-state index in [-0.39, 0.29) is 12.1 Å². The zero-order valence-electron chi connectivity index (χ0n) is 6.18. The Morgan fingerprint density at radius 1 is 1.80 bits per heavy atom. The molecule has 1 aliphatic heterocycles. The maximum absolute atomic E-state index is 10.5. The molecule has 1 heterocycles. The van der Waals surface area contributed by atoms with Crippen LogP contribution in [0.25, 0.3) is 0 Å². The van der Waals surface area contributed by atoms with Crippen molar-refractivity contribution in [2.45, 2.75) is 19.9 Å². The summed E-state index contributed by atoms with van der Waals surface area (Å²) in [6.45, 7) is 4.44. The van der Waals surface area contributed by atoms with E-state index in [1.807, 2.05) is 19.9 Å². The van der Waals surface area contributed by atoms with Gasteiger partial charge in [0, 0.05) is 0 Å². The summed E-state index contributed by atoms with van der Waals surface area (Å²) < 4.78 is 4.67. The van der Waals surface area contributed by atoms with Gasteiger partial charge in [-0.15, -0.1) is 0 Å². The van der Waals surface area contributed by atoms with Gasteiger partial charge in [-0.3, -0.25) is 0 Å². The number of hydrogen-bond acceptors (Lipinski definition) is 2. The molecule has 1 amide bonds. The van der Waals surface area contributed by atoms with Gasteiger partial charge in [0.2, 0.25) is 0 Å². The third kappa shape index (κ3) is 1.76. The van der Waals surface area contributed by atoms with Crippen molar-refractivity contribution in [3.63, 3.8) is 0 Å². The van der Waals surface area contributed by atoms with Gasteiger partial charge in [-0.2, -0.15) is 0 Å². The highest BCUT2D eigenvalue weighted by atomic mass is 16.6. The number of alkyl carbamates (subject to hydrolysis) is 1. The smallest absolute Gasteiger partial charge is 0.407 e. The molecule has 1 fully saturated rings. The van der Waals surface area contributed by atoms with Crippen molar-refractivity contribution < 1.29 is 9.53 Å². The van der Waals surface area contributed by atoms with Crippen LogP contribution in [0.1, 0.15) is 13.8 Å². The molecular formula is C7H11NO2. The fourth-order valence-electron chi connectivity index (χ4n) is 0.892. The summed E-state index contributed by atoms with van der Waals surface area (Å²) in [5.41, 5.74) is 1.19. The number of amides is 1. The lowest BCUT2D eigenvalue weighted by molar-refractivity contribution is 0.177. The Bertz CT molecular complexity index is 170. The van der Waals surface area contributed by atoms with Crippen LogP contribution in [-0.4, -0.2) is 18.7 Å². The lowest BCUT2D eigenvalue weighted by atomic mass is 10.2. The molecule has 0 unspecified atom stereocenters. The monoisotopic (exact) mass is 141 g/mol. The van der Waals surface area contributed by atoms with Gasteiger partial charge in [0.05, 0.1) is 6.04 Å². The molecule has 0 saturated carbocycles. The number of hydrogen-bond donors (Lipinski definition) is 1. The first-order valence-electron chi connectivity index (χ1n) is 3.27. The summed E-state index contributed by atoms with van der Waals surface area (Å²) in [7, 11) is 0. The van der Waals surface area contributed by atoms with Gasteiger partial charge >= 0.3 is 6.09 Å². The molecule has 1 saturated heterocycles. The fraction of sp³-hybridized carbons (Fsp3) is 0.571. The highest BCUT2D eigenvalue weighted by Gasteiger charge is 2.18. The SMILES string of the molecule is CC(C)=C[C@H]1COC(=O)N1. The van der Waals surface area contributed by atoms with E-state index >= 15 is 0 Å². The minimum Gasteiger partial charge on any atom is -0.447 e.